The van der Waals surface area contributed by atoms with Gasteiger partial charge in [-0.15, -0.1) is 0 Å². The molecule has 0 bridgehead atoms. The number of amides is 1. The second-order valence-corrected chi connectivity index (χ2v) is 9.42. The van der Waals surface area contributed by atoms with Gasteiger partial charge < -0.3 is 10.2 Å². The normalized spacial score (nSPS) is 11.4. The summed E-state index contributed by atoms with van der Waals surface area (Å²) in [6, 6.07) is 21.1. The number of anilines is 1. The van der Waals surface area contributed by atoms with E-state index in [2.05, 4.69) is 14.9 Å². The fraction of sp³-hybridized carbons (Fsp3) is 0.208. The average molecular weight is 438 g/mol. The van der Waals surface area contributed by atoms with E-state index in [-0.39, 0.29) is 10.8 Å². The lowest BCUT2D eigenvalue weighted by molar-refractivity contribution is 0.0951. The summed E-state index contributed by atoms with van der Waals surface area (Å²) < 4.78 is 27.7. The Morgan fingerprint density at radius 2 is 1.42 bits per heavy atom. The van der Waals surface area contributed by atoms with Crippen LogP contribution < -0.4 is 10.0 Å². The Morgan fingerprint density at radius 3 is 2.00 bits per heavy atom. The SMILES string of the molecule is Cc1ccc(NS(=O)(=O)c2ccc(C(=O)NCc3ccc(CN(C)C)cc3)cc2)cc1. The summed E-state index contributed by atoms with van der Waals surface area (Å²) in [5.41, 5.74) is 4.14. The zero-order valence-electron chi connectivity index (χ0n) is 17.9. The minimum absolute atomic E-state index is 0.0982. The van der Waals surface area contributed by atoms with Gasteiger partial charge in [-0.2, -0.15) is 0 Å². The molecule has 2 N–H and O–H groups in total. The summed E-state index contributed by atoms with van der Waals surface area (Å²) in [6.07, 6.45) is 0. The molecule has 0 saturated heterocycles. The predicted molar refractivity (Wildman–Crippen MR) is 123 cm³/mol. The quantitative estimate of drug-likeness (QED) is 0.562. The van der Waals surface area contributed by atoms with Crippen LogP contribution in [0.1, 0.15) is 27.0 Å². The van der Waals surface area contributed by atoms with Crippen LogP contribution in [-0.4, -0.2) is 33.3 Å². The second kappa shape index (κ2) is 9.76. The molecule has 0 aliphatic heterocycles. The first-order valence-electron chi connectivity index (χ1n) is 9.93. The Hall–Kier alpha value is -3.16. The minimum atomic E-state index is -3.72. The highest BCUT2D eigenvalue weighted by Crippen LogP contribution is 2.17. The van der Waals surface area contributed by atoms with Gasteiger partial charge in [0.25, 0.3) is 15.9 Å². The molecular formula is C24H27N3O3S. The van der Waals surface area contributed by atoms with Crippen LogP contribution in [0.4, 0.5) is 5.69 Å². The number of rotatable bonds is 8. The van der Waals surface area contributed by atoms with Crippen molar-refractivity contribution in [3.05, 3.63) is 95.1 Å². The Labute approximate surface area is 184 Å². The van der Waals surface area contributed by atoms with Gasteiger partial charge in [0.15, 0.2) is 0 Å². The Morgan fingerprint density at radius 1 is 0.839 bits per heavy atom. The first-order valence-corrected chi connectivity index (χ1v) is 11.4. The average Bonchev–Trinajstić information content (AvgIpc) is 2.74. The van der Waals surface area contributed by atoms with E-state index in [1.54, 1.807) is 12.1 Å². The monoisotopic (exact) mass is 437 g/mol. The lowest BCUT2D eigenvalue weighted by Crippen LogP contribution is -2.23. The molecule has 162 valence electrons. The van der Waals surface area contributed by atoms with E-state index < -0.39 is 10.0 Å². The van der Waals surface area contributed by atoms with Crippen LogP contribution in [0.15, 0.2) is 77.7 Å². The van der Waals surface area contributed by atoms with Gasteiger partial charge in [-0.25, -0.2) is 8.42 Å². The smallest absolute Gasteiger partial charge is 0.261 e. The number of hydrogen-bond donors (Lipinski definition) is 2. The largest absolute Gasteiger partial charge is 0.348 e. The molecule has 0 aliphatic rings. The van der Waals surface area contributed by atoms with Gasteiger partial charge in [-0.3, -0.25) is 9.52 Å². The molecule has 7 heteroatoms. The number of aryl methyl sites for hydroxylation is 1. The summed E-state index contributed by atoms with van der Waals surface area (Å²) in [5.74, 6) is -0.257. The Kier molecular flexibility index (Phi) is 7.09. The number of hydrogen-bond acceptors (Lipinski definition) is 4. The van der Waals surface area contributed by atoms with Crippen molar-refractivity contribution in [1.82, 2.24) is 10.2 Å². The molecule has 0 fully saturated rings. The lowest BCUT2D eigenvalue weighted by atomic mass is 10.1. The van der Waals surface area contributed by atoms with Crippen molar-refractivity contribution in [2.45, 2.75) is 24.9 Å². The van der Waals surface area contributed by atoms with Gasteiger partial charge in [-0.05, 0) is 68.5 Å². The zero-order valence-corrected chi connectivity index (χ0v) is 18.7. The zero-order chi connectivity index (χ0) is 22.4. The third-order valence-corrected chi connectivity index (χ3v) is 6.10. The first-order chi connectivity index (χ1) is 14.7. The van der Waals surface area contributed by atoms with Crippen LogP contribution in [0, 0.1) is 6.92 Å². The van der Waals surface area contributed by atoms with Crippen molar-refractivity contribution in [2.24, 2.45) is 0 Å². The third-order valence-electron chi connectivity index (χ3n) is 4.71. The van der Waals surface area contributed by atoms with E-state index in [1.165, 1.54) is 29.8 Å². The molecule has 6 nitrogen and oxygen atoms in total. The number of nitrogens with zero attached hydrogens (tertiary/aromatic N) is 1. The highest BCUT2D eigenvalue weighted by Gasteiger charge is 2.15. The molecule has 0 unspecified atom stereocenters. The molecule has 3 aromatic rings. The van der Waals surface area contributed by atoms with E-state index in [1.807, 2.05) is 57.4 Å². The molecule has 0 heterocycles. The summed E-state index contributed by atoms with van der Waals surface area (Å²) in [7, 11) is 0.312. The van der Waals surface area contributed by atoms with Gasteiger partial charge in [0.05, 0.1) is 4.90 Å². The molecule has 0 atom stereocenters. The molecule has 0 saturated carbocycles. The van der Waals surface area contributed by atoms with Gasteiger partial charge in [-0.1, -0.05) is 42.0 Å². The van der Waals surface area contributed by atoms with Crippen LogP contribution in [-0.2, 0) is 23.1 Å². The van der Waals surface area contributed by atoms with Crippen LogP contribution in [0.2, 0.25) is 0 Å². The summed E-state index contributed by atoms with van der Waals surface area (Å²) in [4.78, 5) is 14.6. The molecule has 0 aliphatic carbocycles. The van der Waals surface area contributed by atoms with Crippen molar-refractivity contribution in [3.8, 4) is 0 Å². The maximum absolute atomic E-state index is 12.6. The summed E-state index contributed by atoms with van der Waals surface area (Å²) in [6.45, 7) is 3.19. The van der Waals surface area contributed by atoms with Crippen molar-refractivity contribution in [2.75, 3.05) is 18.8 Å². The fourth-order valence-corrected chi connectivity index (χ4v) is 4.09. The van der Waals surface area contributed by atoms with Gasteiger partial charge in [0.2, 0.25) is 0 Å². The molecule has 0 aromatic heterocycles. The molecule has 0 radical (unpaired) electrons. The fourth-order valence-electron chi connectivity index (χ4n) is 3.03. The number of sulfonamides is 1. The Balaban J connectivity index is 1.60. The van der Waals surface area contributed by atoms with Gasteiger partial charge in [0.1, 0.15) is 0 Å². The topological polar surface area (TPSA) is 78.5 Å². The van der Waals surface area contributed by atoms with E-state index in [0.717, 1.165) is 17.7 Å². The van der Waals surface area contributed by atoms with Gasteiger partial charge in [0, 0.05) is 24.3 Å². The molecule has 3 rings (SSSR count). The molecule has 3 aromatic carbocycles. The van der Waals surface area contributed by atoms with E-state index >= 15 is 0 Å². The minimum Gasteiger partial charge on any atom is -0.348 e. The lowest BCUT2D eigenvalue weighted by Gasteiger charge is -2.11. The van der Waals surface area contributed by atoms with Crippen LogP contribution in [0.5, 0.6) is 0 Å². The van der Waals surface area contributed by atoms with Gasteiger partial charge >= 0.3 is 0 Å². The number of benzene rings is 3. The van der Waals surface area contributed by atoms with Crippen molar-refractivity contribution >= 4 is 21.6 Å². The molecular weight excluding hydrogens is 410 g/mol. The van der Waals surface area contributed by atoms with E-state index in [9.17, 15) is 13.2 Å². The third kappa shape index (κ3) is 6.41. The second-order valence-electron chi connectivity index (χ2n) is 7.73. The highest BCUT2D eigenvalue weighted by molar-refractivity contribution is 7.92. The number of carbonyl (C=O) groups excluding carboxylic acids is 1. The van der Waals surface area contributed by atoms with E-state index in [4.69, 9.17) is 0 Å². The standard InChI is InChI=1S/C24H27N3O3S/c1-18-4-12-22(13-5-18)26-31(29,30)23-14-10-21(11-15-23)24(28)25-16-19-6-8-20(9-7-19)17-27(2)3/h4-15,26H,16-17H2,1-3H3,(H,25,28). The van der Waals surface area contributed by atoms with Crippen LogP contribution >= 0.6 is 0 Å². The van der Waals surface area contributed by atoms with E-state index in [0.29, 0.717) is 17.8 Å². The van der Waals surface area contributed by atoms with Crippen molar-refractivity contribution in [1.29, 1.82) is 0 Å². The van der Waals surface area contributed by atoms with Crippen molar-refractivity contribution in [3.63, 3.8) is 0 Å². The molecule has 1 amide bonds. The summed E-state index contributed by atoms with van der Waals surface area (Å²) in [5, 5.41) is 2.86. The predicted octanol–water partition coefficient (Wildman–Crippen LogP) is 3.79. The first kappa shape index (κ1) is 22.5. The Bertz CT molecular complexity index is 1120. The van der Waals surface area contributed by atoms with Crippen LogP contribution in [0.25, 0.3) is 0 Å². The maximum atomic E-state index is 12.6. The molecule has 0 spiro atoms. The highest BCUT2D eigenvalue weighted by atomic mass is 32.2. The maximum Gasteiger partial charge on any atom is 0.261 e. The number of nitrogens with one attached hydrogen (secondary N) is 2. The number of carbonyl (C=O) groups is 1. The van der Waals surface area contributed by atoms with Crippen molar-refractivity contribution < 1.29 is 13.2 Å². The summed E-state index contributed by atoms with van der Waals surface area (Å²) >= 11 is 0. The molecule has 31 heavy (non-hydrogen) atoms. The van der Waals surface area contributed by atoms with Crippen LogP contribution in [0.3, 0.4) is 0 Å².